The van der Waals surface area contributed by atoms with Crippen LogP contribution in [0.3, 0.4) is 0 Å². The zero-order chi connectivity index (χ0) is 11.3. The molecule has 4 heteroatoms. The molecule has 1 aromatic carbocycles. The number of nitrogens with one attached hydrogen (secondary N) is 1. The van der Waals surface area contributed by atoms with Gasteiger partial charge in [0, 0.05) is 17.0 Å². The number of fused-ring (bicyclic) bond motifs is 1. The molecule has 0 amide bonds. The molecule has 0 radical (unpaired) electrons. The van der Waals surface area contributed by atoms with Crippen molar-refractivity contribution in [2.45, 2.75) is 0 Å². The molecule has 3 N–H and O–H groups in total. The molecule has 0 saturated heterocycles. The summed E-state index contributed by atoms with van der Waals surface area (Å²) in [5.74, 6) is 0. The van der Waals surface area contributed by atoms with E-state index in [4.69, 9.17) is 5.26 Å². The van der Waals surface area contributed by atoms with Gasteiger partial charge in [0.25, 0.3) is 0 Å². The van der Waals surface area contributed by atoms with Crippen LogP contribution in [0.4, 0.5) is 0 Å². The minimum absolute atomic E-state index is 0.241. The minimum Gasteiger partial charge on any atom is -0.333 e. The Kier molecular flexibility index (Phi) is 3.61. The van der Waals surface area contributed by atoms with Crippen LogP contribution in [0.25, 0.3) is 10.9 Å². The summed E-state index contributed by atoms with van der Waals surface area (Å²) in [6, 6.07) is 10.5. The third-order valence-corrected chi connectivity index (χ3v) is 1.87. The van der Waals surface area contributed by atoms with Gasteiger partial charge in [-0.3, -0.25) is 4.79 Å². The van der Waals surface area contributed by atoms with Crippen molar-refractivity contribution < 1.29 is 0 Å². The van der Waals surface area contributed by atoms with Gasteiger partial charge in [0.1, 0.15) is 6.07 Å². The van der Waals surface area contributed by atoms with Crippen LogP contribution < -0.4 is 11.3 Å². The Hall–Kier alpha value is -2.12. The molecular weight excluding hydrogens is 190 g/mol. The molecule has 1 aromatic heterocycles. The van der Waals surface area contributed by atoms with E-state index in [0.717, 1.165) is 5.39 Å². The number of para-hydroxylation sites is 1. The lowest BCUT2D eigenvalue weighted by Crippen LogP contribution is -2.04. The minimum atomic E-state index is -0.241. The van der Waals surface area contributed by atoms with Crippen LogP contribution in [0.15, 0.2) is 35.1 Å². The number of hydrogen-bond donors (Lipinski definition) is 2. The van der Waals surface area contributed by atoms with Gasteiger partial charge in [-0.05, 0) is 13.1 Å². The van der Waals surface area contributed by atoms with Gasteiger partial charge in [0.2, 0.25) is 5.56 Å². The second kappa shape index (κ2) is 4.94. The number of pyridine rings is 1. The second-order valence-corrected chi connectivity index (χ2v) is 2.70. The van der Waals surface area contributed by atoms with Crippen molar-refractivity contribution in [2.24, 2.45) is 5.73 Å². The average molecular weight is 201 g/mol. The predicted octanol–water partition coefficient (Wildman–Crippen LogP) is 0.975. The molecule has 0 bridgehead atoms. The molecule has 76 valence electrons. The number of aromatic nitrogens is 1. The Bertz CT molecular complexity index is 551. The van der Waals surface area contributed by atoms with E-state index in [9.17, 15) is 4.79 Å². The van der Waals surface area contributed by atoms with Crippen LogP contribution in [0.5, 0.6) is 0 Å². The topological polar surface area (TPSA) is 82.7 Å². The van der Waals surface area contributed by atoms with Crippen molar-refractivity contribution in [2.75, 3.05) is 7.05 Å². The van der Waals surface area contributed by atoms with Gasteiger partial charge in [-0.25, -0.2) is 0 Å². The quantitative estimate of drug-likeness (QED) is 0.666. The van der Waals surface area contributed by atoms with Gasteiger partial charge in [-0.1, -0.05) is 18.2 Å². The van der Waals surface area contributed by atoms with Crippen molar-refractivity contribution in [3.63, 3.8) is 0 Å². The van der Waals surface area contributed by atoms with Gasteiger partial charge in [-0.2, -0.15) is 5.26 Å². The Morgan fingerprint density at radius 3 is 2.67 bits per heavy atom. The molecule has 0 unspecified atom stereocenters. The Morgan fingerprint density at radius 1 is 1.33 bits per heavy atom. The highest BCUT2D eigenvalue weighted by Crippen LogP contribution is 2.12. The number of H-pyrrole nitrogens is 1. The largest absolute Gasteiger partial charge is 0.333 e. The molecule has 0 spiro atoms. The van der Waals surface area contributed by atoms with E-state index in [2.05, 4.69) is 10.7 Å². The summed E-state index contributed by atoms with van der Waals surface area (Å²) >= 11 is 0. The normalized spacial score (nSPS) is 8.87. The molecule has 0 fully saturated rings. The van der Waals surface area contributed by atoms with E-state index in [1.54, 1.807) is 6.07 Å². The molecule has 2 rings (SSSR count). The van der Waals surface area contributed by atoms with Crippen LogP contribution in [-0.4, -0.2) is 12.0 Å². The number of nitrogens with two attached hydrogens (primary N) is 1. The number of nitrogens with zero attached hydrogens (tertiary/aromatic N) is 1. The van der Waals surface area contributed by atoms with Crippen molar-refractivity contribution in [1.82, 2.24) is 4.98 Å². The number of rotatable bonds is 0. The van der Waals surface area contributed by atoms with Crippen LogP contribution in [0.1, 0.15) is 5.56 Å². The summed E-state index contributed by atoms with van der Waals surface area (Å²) in [6.07, 6.45) is 0. The van der Waals surface area contributed by atoms with Gasteiger partial charge >= 0.3 is 0 Å². The van der Waals surface area contributed by atoms with E-state index in [-0.39, 0.29) is 5.56 Å². The van der Waals surface area contributed by atoms with Gasteiger partial charge in [0.15, 0.2) is 0 Å². The molecule has 15 heavy (non-hydrogen) atoms. The fraction of sp³-hybridized carbons (Fsp3) is 0.0909. The zero-order valence-electron chi connectivity index (χ0n) is 8.32. The lowest BCUT2D eigenvalue weighted by molar-refractivity contribution is 1.29. The summed E-state index contributed by atoms with van der Waals surface area (Å²) < 4.78 is 0. The first-order valence-corrected chi connectivity index (χ1v) is 4.41. The van der Waals surface area contributed by atoms with Crippen molar-refractivity contribution in [3.8, 4) is 6.07 Å². The smallest absolute Gasteiger partial charge is 0.249 e. The third kappa shape index (κ3) is 2.22. The highest BCUT2D eigenvalue weighted by atomic mass is 16.1. The standard InChI is InChI=1S/C10H6N2O.CH5N/c11-6-7-5-10(13)12-9-4-2-1-3-8(7)9;1-2/h1-5H,(H,12,13);2H2,1H3. The first kappa shape index (κ1) is 11.0. The molecule has 2 aromatic rings. The Morgan fingerprint density at radius 2 is 2.00 bits per heavy atom. The summed E-state index contributed by atoms with van der Waals surface area (Å²) in [4.78, 5) is 13.7. The average Bonchev–Trinajstić information content (AvgIpc) is 2.30. The van der Waals surface area contributed by atoms with Crippen molar-refractivity contribution in [1.29, 1.82) is 5.26 Å². The zero-order valence-corrected chi connectivity index (χ0v) is 8.32. The van der Waals surface area contributed by atoms with E-state index in [0.29, 0.717) is 11.1 Å². The Labute approximate surface area is 87.0 Å². The SMILES string of the molecule is CN.N#Cc1cc(=O)[nH]c2ccccc12. The number of aromatic amines is 1. The number of benzene rings is 1. The second-order valence-electron chi connectivity index (χ2n) is 2.70. The van der Waals surface area contributed by atoms with Gasteiger partial charge in [0.05, 0.1) is 5.56 Å². The van der Waals surface area contributed by atoms with E-state index >= 15 is 0 Å². The van der Waals surface area contributed by atoms with Gasteiger partial charge in [-0.15, -0.1) is 0 Å². The van der Waals surface area contributed by atoms with Crippen LogP contribution in [0.2, 0.25) is 0 Å². The highest BCUT2D eigenvalue weighted by Gasteiger charge is 2.00. The molecule has 0 aliphatic carbocycles. The lowest BCUT2D eigenvalue weighted by Gasteiger charge is -1.97. The van der Waals surface area contributed by atoms with Gasteiger partial charge < -0.3 is 10.7 Å². The van der Waals surface area contributed by atoms with Crippen LogP contribution in [-0.2, 0) is 0 Å². The molecule has 0 aliphatic rings. The Balaban J connectivity index is 0.000000531. The lowest BCUT2D eigenvalue weighted by atomic mass is 10.1. The predicted molar refractivity (Wildman–Crippen MR) is 59.4 cm³/mol. The highest BCUT2D eigenvalue weighted by molar-refractivity contribution is 5.84. The monoisotopic (exact) mass is 201 g/mol. The maximum absolute atomic E-state index is 11.1. The fourth-order valence-electron chi connectivity index (χ4n) is 1.30. The summed E-state index contributed by atoms with van der Waals surface area (Å²) in [5, 5.41) is 9.54. The molecule has 0 saturated carbocycles. The molecule has 4 nitrogen and oxygen atoms in total. The van der Waals surface area contributed by atoms with Crippen LogP contribution >= 0.6 is 0 Å². The van der Waals surface area contributed by atoms with E-state index in [1.165, 1.54) is 13.1 Å². The summed E-state index contributed by atoms with van der Waals surface area (Å²) in [5.41, 5.74) is 5.38. The first-order chi connectivity index (χ1) is 7.31. The fourth-order valence-corrected chi connectivity index (χ4v) is 1.30. The van der Waals surface area contributed by atoms with E-state index in [1.807, 2.05) is 24.3 Å². The van der Waals surface area contributed by atoms with E-state index < -0.39 is 0 Å². The molecule has 0 atom stereocenters. The van der Waals surface area contributed by atoms with Crippen molar-refractivity contribution in [3.05, 3.63) is 46.2 Å². The summed E-state index contributed by atoms with van der Waals surface area (Å²) in [7, 11) is 1.50. The molecular formula is C11H11N3O. The molecule has 0 aliphatic heterocycles. The summed E-state index contributed by atoms with van der Waals surface area (Å²) in [6.45, 7) is 0. The first-order valence-electron chi connectivity index (χ1n) is 4.41. The van der Waals surface area contributed by atoms with Crippen LogP contribution in [0, 0.1) is 11.3 Å². The third-order valence-electron chi connectivity index (χ3n) is 1.87. The maximum Gasteiger partial charge on any atom is 0.249 e. The number of nitriles is 1. The molecule has 1 heterocycles. The maximum atomic E-state index is 11.1. The number of hydrogen-bond acceptors (Lipinski definition) is 3. The van der Waals surface area contributed by atoms with Crippen molar-refractivity contribution >= 4 is 10.9 Å².